The van der Waals surface area contributed by atoms with E-state index in [1.807, 2.05) is 36.4 Å². The molecule has 2 aromatic rings. The van der Waals surface area contributed by atoms with Crippen molar-refractivity contribution >= 4 is 5.69 Å². The van der Waals surface area contributed by atoms with Gasteiger partial charge in [-0.1, -0.05) is 38.1 Å². The van der Waals surface area contributed by atoms with Gasteiger partial charge in [0.2, 0.25) is 0 Å². The first-order valence-electron chi connectivity index (χ1n) is 6.22. The summed E-state index contributed by atoms with van der Waals surface area (Å²) in [7, 11) is 0. The van der Waals surface area contributed by atoms with Crippen LogP contribution in [-0.2, 0) is 6.61 Å². The summed E-state index contributed by atoms with van der Waals surface area (Å²) in [6.07, 6.45) is 0. The lowest BCUT2D eigenvalue weighted by Gasteiger charge is -2.10. The third-order valence-corrected chi connectivity index (χ3v) is 2.88. The average Bonchev–Trinajstić information content (AvgIpc) is 2.37. The number of ether oxygens (including phenoxy) is 1. The first-order valence-corrected chi connectivity index (χ1v) is 6.22. The van der Waals surface area contributed by atoms with E-state index in [-0.39, 0.29) is 0 Å². The van der Waals surface area contributed by atoms with E-state index in [2.05, 4.69) is 26.0 Å². The van der Waals surface area contributed by atoms with Crippen molar-refractivity contribution in [3.05, 3.63) is 59.7 Å². The lowest BCUT2D eigenvalue weighted by atomic mass is 10.0. The van der Waals surface area contributed by atoms with Crippen LogP contribution in [0.4, 0.5) is 5.69 Å². The van der Waals surface area contributed by atoms with Crippen molar-refractivity contribution in [2.45, 2.75) is 26.4 Å². The maximum atomic E-state index is 5.78. The number of benzene rings is 2. The highest BCUT2D eigenvalue weighted by atomic mass is 16.5. The van der Waals surface area contributed by atoms with Crippen molar-refractivity contribution in [2.75, 3.05) is 5.73 Å². The van der Waals surface area contributed by atoms with E-state index in [9.17, 15) is 0 Å². The Morgan fingerprint density at radius 3 is 2.56 bits per heavy atom. The molecule has 0 radical (unpaired) electrons. The zero-order valence-electron chi connectivity index (χ0n) is 10.9. The number of rotatable bonds is 4. The topological polar surface area (TPSA) is 35.2 Å². The van der Waals surface area contributed by atoms with Crippen LogP contribution in [-0.4, -0.2) is 0 Å². The summed E-state index contributed by atoms with van der Waals surface area (Å²) in [5, 5.41) is 0. The fourth-order valence-corrected chi connectivity index (χ4v) is 1.81. The Kier molecular flexibility index (Phi) is 3.88. The molecule has 2 heteroatoms. The quantitative estimate of drug-likeness (QED) is 0.822. The molecule has 0 heterocycles. The minimum atomic E-state index is 0.515. The Balaban J connectivity index is 2.04. The summed E-state index contributed by atoms with van der Waals surface area (Å²) in [6, 6.07) is 16.0. The number of hydrogen-bond acceptors (Lipinski definition) is 2. The van der Waals surface area contributed by atoms with Gasteiger partial charge in [0.25, 0.3) is 0 Å². The second-order valence-electron chi connectivity index (χ2n) is 4.76. The molecule has 0 fully saturated rings. The summed E-state index contributed by atoms with van der Waals surface area (Å²) < 4.78 is 5.78. The van der Waals surface area contributed by atoms with Gasteiger partial charge < -0.3 is 10.5 Å². The molecule has 94 valence electrons. The van der Waals surface area contributed by atoms with Crippen LogP contribution in [0, 0.1) is 0 Å². The molecule has 2 N–H and O–H groups in total. The lowest BCUT2D eigenvalue weighted by Crippen LogP contribution is -1.97. The summed E-state index contributed by atoms with van der Waals surface area (Å²) in [5.41, 5.74) is 8.89. The maximum Gasteiger partial charge on any atom is 0.120 e. The van der Waals surface area contributed by atoms with Crippen molar-refractivity contribution < 1.29 is 4.74 Å². The molecule has 2 aromatic carbocycles. The minimum Gasteiger partial charge on any atom is -0.489 e. The van der Waals surface area contributed by atoms with Gasteiger partial charge in [-0.2, -0.15) is 0 Å². The maximum absolute atomic E-state index is 5.78. The van der Waals surface area contributed by atoms with Gasteiger partial charge in [0, 0.05) is 5.69 Å². The summed E-state index contributed by atoms with van der Waals surface area (Å²) in [4.78, 5) is 0. The van der Waals surface area contributed by atoms with E-state index < -0.39 is 0 Å². The van der Waals surface area contributed by atoms with Crippen molar-refractivity contribution in [1.29, 1.82) is 0 Å². The Morgan fingerprint density at radius 2 is 1.83 bits per heavy atom. The third kappa shape index (κ3) is 3.27. The van der Waals surface area contributed by atoms with E-state index >= 15 is 0 Å². The van der Waals surface area contributed by atoms with E-state index in [4.69, 9.17) is 10.5 Å². The van der Waals surface area contributed by atoms with Gasteiger partial charge in [0.1, 0.15) is 12.4 Å². The Bertz CT molecular complexity index is 520. The van der Waals surface area contributed by atoms with Crippen LogP contribution in [0.15, 0.2) is 48.5 Å². The molecule has 2 rings (SSSR count). The predicted molar refractivity (Wildman–Crippen MR) is 75.7 cm³/mol. The van der Waals surface area contributed by atoms with Crippen LogP contribution >= 0.6 is 0 Å². The van der Waals surface area contributed by atoms with Crippen LogP contribution in [0.2, 0.25) is 0 Å². The monoisotopic (exact) mass is 241 g/mol. The first kappa shape index (κ1) is 12.5. The fourth-order valence-electron chi connectivity index (χ4n) is 1.81. The highest BCUT2D eigenvalue weighted by Gasteiger charge is 2.01. The van der Waals surface area contributed by atoms with Crippen LogP contribution < -0.4 is 10.5 Å². The molecule has 0 aliphatic carbocycles. The third-order valence-electron chi connectivity index (χ3n) is 2.88. The summed E-state index contributed by atoms with van der Waals surface area (Å²) in [6.45, 7) is 4.90. The Labute approximate surface area is 108 Å². The van der Waals surface area contributed by atoms with Gasteiger partial charge in [0.05, 0.1) is 0 Å². The first-order chi connectivity index (χ1) is 8.65. The fraction of sp³-hybridized carbons (Fsp3) is 0.250. The highest BCUT2D eigenvalue weighted by molar-refractivity contribution is 5.40. The molecule has 0 saturated carbocycles. The molecular formula is C16H19NO. The van der Waals surface area contributed by atoms with Crippen LogP contribution in [0.5, 0.6) is 5.75 Å². The van der Waals surface area contributed by atoms with E-state index in [0.29, 0.717) is 12.5 Å². The predicted octanol–water partition coefficient (Wildman–Crippen LogP) is 3.97. The number of anilines is 1. The van der Waals surface area contributed by atoms with Gasteiger partial charge >= 0.3 is 0 Å². The largest absolute Gasteiger partial charge is 0.489 e. The van der Waals surface area contributed by atoms with Gasteiger partial charge in [-0.3, -0.25) is 0 Å². The standard InChI is InChI=1S/C16H19NO/c1-12(2)14-6-4-8-16(10-14)18-11-13-5-3-7-15(17)9-13/h3-10,12H,11,17H2,1-2H3. The van der Waals surface area contributed by atoms with Crippen LogP contribution in [0.25, 0.3) is 0 Å². The number of nitrogens with two attached hydrogens (primary N) is 1. The van der Waals surface area contributed by atoms with Crippen molar-refractivity contribution in [1.82, 2.24) is 0 Å². The molecule has 0 aliphatic heterocycles. The van der Waals surface area contributed by atoms with E-state index in [0.717, 1.165) is 17.0 Å². The molecule has 18 heavy (non-hydrogen) atoms. The van der Waals surface area contributed by atoms with Gasteiger partial charge in [-0.15, -0.1) is 0 Å². The molecule has 0 aliphatic rings. The molecule has 0 aromatic heterocycles. The van der Waals surface area contributed by atoms with Crippen molar-refractivity contribution in [3.8, 4) is 5.75 Å². The second kappa shape index (κ2) is 5.58. The summed E-state index contributed by atoms with van der Waals surface area (Å²) >= 11 is 0. The lowest BCUT2D eigenvalue weighted by molar-refractivity contribution is 0.306. The Hall–Kier alpha value is -1.96. The van der Waals surface area contributed by atoms with Crippen molar-refractivity contribution in [3.63, 3.8) is 0 Å². The molecular weight excluding hydrogens is 222 g/mol. The molecule has 0 atom stereocenters. The highest BCUT2D eigenvalue weighted by Crippen LogP contribution is 2.21. The molecule has 2 nitrogen and oxygen atoms in total. The zero-order valence-corrected chi connectivity index (χ0v) is 10.9. The van der Waals surface area contributed by atoms with E-state index in [1.165, 1.54) is 5.56 Å². The molecule has 0 amide bonds. The molecule has 0 bridgehead atoms. The Morgan fingerprint density at radius 1 is 1.06 bits per heavy atom. The average molecular weight is 241 g/mol. The zero-order chi connectivity index (χ0) is 13.0. The van der Waals surface area contributed by atoms with Crippen LogP contribution in [0.3, 0.4) is 0 Å². The van der Waals surface area contributed by atoms with Gasteiger partial charge in [0.15, 0.2) is 0 Å². The second-order valence-corrected chi connectivity index (χ2v) is 4.76. The van der Waals surface area contributed by atoms with Gasteiger partial charge in [-0.25, -0.2) is 0 Å². The van der Waals surface area contributed by atoms with Gasteiger partial charge in [-0.05, 0) is 41.3 Å². The summed E-state index contributed by atoms with van der Waals surface area (Å²) in [5.74, 6) is 1.42. The number of hydrogen-bond donors (Lipinski definition) is 1. The van der Waals surface area contributed by atoms with Crippen LogP contribution in [0.1, 0.15) is 30.9 Å². The van der Waals surface area contributed by atoms with Crippen molar-refractivity contribution in [2.24, 2.45) is 0 Å². The number of nitrogen functional groups attached to an aromatic ring is 1. The normalized spacial score (nSPS) is 10.6. The minimum absolute atomic E-state index is 0.515. The smallest absolute Gasteiger partial charge is 0.120 e. The molecule has 0 saturated heterocycles. The molecule has 0 unspecified atom stereocenters. The van der Waals surface area contributed by atoms with E-state index in [1.54, 1.807) is 0 Å². The SMILES string of the molecule is CC(C)c1cccc(OCc2cccc(N)c2)c1. The molecule has 0 spiro atoms.